The molecule has 0 radical (unpaired) electrons. The van der Waals surface area contributed by atoms with E-state index in [2.05, 4.69) is 10.6 Å². The molecule has 17 heavy (non-hydrogen) atoms. The van der Waals surface area contributed by atoms with Gasteiger partial charge in [-0.3, -0.25) is 14.4 Å². The molecule has 1 heterocycles. The van der Waals surface area contributed by atoms with Crippen molar-refractivity contribution in [2.24, 2.45) is 5.73 Å². The molecule has 0 aromatic rings. The van der Waals surface area contributed by atoms with Crippen molar-refractivity contribution in [3.8, 4) is 0 Å². The molecule has 1 aliphatic rings. The van der Waals surface area contributed by atoms with Gasteiger partial charge in [0.25, 0.3) is 0 Å². The zero-order chi connectivity index (χ0) is 13.0. The summed E-state index contributed by atoms with van der Waals surface area (Å²) in [5.41, 5.74) is 4.86. The smallest absolute Gasteiger partial charge is 0.326 e. The fourth-order valence-electron chi connectivity index (χ4n) is 1.48. The normalized spacial score (nSPS) is 20.5. The van der Waals surface area contributed by atoms with Crippen LogP contribution in [-0.4, -0.2) is 40.9 Å². The largest absolute Gasteiger partial charge is 0.480 e. The zero-order valence-corrected chi connectivity index (χ0v) is 8.93. The van der Waals surface area contributed by atoms with Crippen molar-refractivity contribution < 1.29 is 24.3 Å². The Labute approximate surface area is 96.5 Å². The number of aliphatic carboxylic acids is 1. The van der Waals surface area contributed by atoms with E-state index >= 15 is 0 Å². The van der Waals surface area contributed by atoms with Crippen molar-refractivity contribution >= 4 is 23.7 Å². The average molecular weight is 243 g/mol. The molecule has 8 heteroatoms. The van der Waals surface area contributed by atoms with E-state index in [4.69, 9.17) is 10.8 Å². The first-order chi connectivity index (χ1) is 7.90. The lowest BCUT2D eigenvalue weighted by atomic mass is 10.1. The maximum Gasteiger partial charge on any atom is 0.326 e. The first-order valence-electron chi connectivity index (χ1n) is 5.01. The third kappa shape index (κ3) is 3.74. The van der Waals surface area contributed by atoms with E-state index in [9.17, 15) is 19.2 Å². The summed E-state index contributed by atoms with van der Waals surface area (Å²) in [6, 6.07) is -2.10. The second-order valence-electron chi connectivity index (χ2n) is 3.73. The van der Waals surface area contributed by atoms with Gasteiger partial charge in [0.1, 0.15) is 12.1 Å². The van der Waals surface area contributed by atoms with E-state index in [1.165, 1.54) is 0 Å². The number of amides is 3. The molecule has 1 fully saturated rings. The molecule has 0 aromatic carbocycles. The number of primary amides is 1. The van der Waals surface area contributed by atoms with Crippen LogP contribution in [0.4, 0.5) is 0 Å². The molecule has 1 rings (SSSR count). The van der Waals surface area contributed by atoms with Crippen LogP contribution < -0.4 is 16.4 Å². The molecule has 5 N–H and O–H groups in total. The minimum absolute atomic E-state index is 0.228. The number of carboxylic acid groups (broad SMARTS) is 1. The fourth-order valence-corrected chi connectivity index (χ4v) is 1.48. The molecule has 0 aliphatic carbocycles. The van der Waals surface area contributed by atoms with Crippen LogP contribution in [0.1, 0.15) is 19.3 Å². The van der Waals surface area contributed by atoms with Crippen molar-refractivity contribution in [1.29, 1.82) is 0 Å². The Balaban J connectivity index is 2.55. The summed E-state index contributed by atoms with van der Waals surface area (Å²) in [5, 5.41) is 13.3. The van der Waals surface area contributed by atoms with Crippen LogP contribution in [-0.2, 0) is 19.2 Å². The van der Waals surface area contributed by atoms with Crippen LogP contribution >= 0.6 is 0 Å². The number of nitrogens with two attached hydrogens (primary N) is 1. The van der Waals surface area contributed by atoms with Crippen LogP contribution in [0.5, 0.6) is 0 Å². The monoisotopic (exact) mass is 243 g/mol. The van der Waals surface area contributed by atoms with E-state index in [0.29, 0.717) is 6.42 Å². The van der Waals surface area contributed by atoms with E-state index in [1.807, 2.05) is 0 Å². The molecule has 0 saturated carbocycles. The molecule has 0 spiro atoms. The van der Waals surface area contributed by atoms with E-state index in [1.54, 1.807) is 0 Å². The van der Waals surface area contributed by atoms with Gasteiger partial charge in [-0.2, -0.15) is 0 Å². The van der Waals surface area contributed by atoms with Gasteiger partial charge in [-0.05, 0) is 6.42 Å². The number of carbonyl (C=O) groups is 4. The molecule has 1 aliphatic heterocycles. The van der Waals surface area contributed by atoms with Gasteiger partial charge < -0.3 is 21.5 Å². The van der Waals surface area contributed by atoms with Gasteiger partial charge in [-0.15, -0.1) is 0 Å². The van der Waals surface area contributed by atoms with Crippen LogP contribution in [0.3, 0.4) is 0 Å². The topological polar surface area (TPSA) is 139 Å². The van der Waals surface area contributed by atoms with Crippen LogP contribution in [0, 0.1) is 0 Å². The minimum atomic E-state index is -1.36. The molecule has 0 aromatic heterocycles. The Morgan fingerprint density at radius 3 is 2.59 bits per heavy atom. The second kappa shape index (κ2) is 5.28. The highest BCUT2D eigenvalue weighted by Crippen LogP contribution is 2.07. The van der Waals surface area contributed by atoms with Crippen LogP contribution in [0.2, 0.25) is 0 Å². The average Bonchev–Trinajstić information content (AvgIpc) is 2.63. The number of rotatable bonds is 5. The Bertz CT molecular complexity index is 368. The lowest BCUT2D eigenvalue weighted by Crippen LogP contribution is -2.49. The summed E-state index contributed by atoms with van der Waals surface area (Å²) in [6.45, 7) is 0. The van der Waals surface area contributed by atoms with E-state index < -0.39 is 36.3 Å². The van der Waals surface area contributed by atoms with Crippen molar-refractivity contribution in [2.45, 2.75) is 31.3 Å². The lowest BCUT2D eigenvalue weighted by molar-refractivity contribution is -0.143. The standard InChI is InChI=1S/C9H13N3O5/c10-6(13)3-5(9(16)17)12-8(15)4-1-2-7(14)11-4/h4-5H,1-3H2,(H2,10,13)(H,11,14)(H,12,15)(H,16,17)/t4-,5-/m0/s1. The van der Waals surface area contributed by atoms with Gasteiger partial charge in [-0.1, -0.05) is 0 Å². The van der Waals surface area contributed by atoms with Crippen molar-refractivity contribution in [3.05, 3.63) is 0 Å². The molecule has 0 bridgehead atoms. The first kappa shape index (κ1) is 12.9. The van der Waals surface area contributed by atoms with Gasteiger partial charge in [-0.25, -0.2) is 4.79 Å². The summed E-state index contributed by atoms with van der Waals surface area (Å²) in [4.78, 5) is 43.8. The van der Waals surface area contributed by atoms with E-state index in [0.717, 1.165) is 0 Å². The number of hydrogen-bond acceptors (Lipinski definition) is 4. The highest BCUT2D eigenvalue weighted by Gasteiger charge is 2.30. The zero-order valence-electron chi connectivity index (χ0n) is 8.93. The third-order valence-electron chi connectivity index (χ3n) is 2.33. The van der Waals surface area contributed by atoms with Crippen molar-refractivity contribution in [1.82, 2.24) is 10.6 Å². The summed E-state index contributed by atoms with van der Waals surface area (Å²) in [5.74, 6) is -3.05. The molecule has 0 unspecified atom stereocenters. The Morgan fingerprint density at radius 1 is 1.53 bits per heavy atom. The predicted octanol–water partition coefficient (Wildman–Crippen LogP) is -2.29. The Morgan fingerprint density at radius 2 is 2.18 bits per heavy atom. The lowest BCUT2D eigenvalue weighted by Gasteiger charge is -2.16. The summed E-state index contributed by atoms with van der Waals surface area (Å²) >= 11 is 0. The number of nitrogens with one attached hydrogen (secondary N) is 2. The Kier molecular flexibility index (Phi) is 4.02. The maximum atomic E-state index is 11.5. The van der Waals surface area contributed by atoms with Gasteiger partial charge in [0.2, 0.25) is 17.7 Å². The second-order valence-corrected chi connectivity index (χ2v) is 3.73. The number of carbonyl (C=O) groups excluding carboxylic acids is 3. The summed E-state index contributed by atoms with van der Waals surface area (Å²) in [6.07, 6.45) is 0.0565. The predicted molar refractivity (Wildman–Crippen MR) is 54.5 cm³/mol. The molecule has 8 nitrogen and oxygen atoms in total. The van der Waals surface area contributed by atoms with Crippen molar-refractivity contribution in [2.75, 3.05) is 0 Å². The highest BCUT2D eigenvalue weighted by atomic mass is 16.4. The molecular formula is C9H13N3O5. The fraction of sp³-hybridized carbons (Fsp3) is 0.556. The minimum Gasteiger partial charge on any atom is -0.480 e. The van der Waals surface area contributed by atoms with Gasteiger partial charge in [0.05, 0.1) is 6.42 Å². The third-order valence-corrected chi connectivity index (χ3v) is 2.33. The maximum absolute atomic E-state index is 11.5. The SMILES string of the molecule is NC(=O)C[C@H](NC(=O)[C@@H]1CCC(=O)N1)C(=O)O. The molecule has 1 saturated heterocycles. The molecular weight excluding hydrogens is 230 g/mol. The van der Waals surface area contributed by atoms with Crippen LogP contribution in [0.15, 0.2) is 0 Å². The van der Waals surface area contributed by atoms with Gasteiger partial charge in [0, 0.05) is 6.42 Å². The summed E-state index contributed by atoms with van der Waals surface area (Å²) < 4.78 is 0. The molecule has 3 amide bonds. The van der Waals surface area contributed by atoms with Crippen LogP contribution in [0.25, 0.3) is 0 Å². The molecule has 94 valence electrons. The van der Waals surface area contributed by atoms with Gasteiger partial charge >= 0.3 is 5.97 Å². The van der Waals surface area contributed by atoms with E-state index in [-0.39, 0.29) is 12.3 Å². The number of hydrogen-bond donors (Lipinski definition) is 4. The molecule has 2 atom stereocenters. The number of carboxylic acids is 1. The van der Waals surface area contributed by atoms with Gasteiger partial charge in [0.15, 0.2) is 0 Å². The highest BCUT2D eigenvalue weighted by molar-refractivity contribution is 5.94. The summed E-state index contributed by atoms with van der Waals surface area (Å²) in [7, 11) is 0. The van der Waals surface area contributed by atoms with Crippen molar-refractivity contribution in [3.63, 3.8) is 0 Å². The Hall–Kier alpha value is -2.12. The quantitative estimate of drug-likeness (QED) is 0.430. The first-order valence-corrected chi connectivity index (χ1v) is 5.01.